The zero-order chi connectivity index (χ0) is 18.3. The van der Waals surface area contributed by atoms with Crippen molar-refractivity contribution >= 4 is 45.1 Å². The molecule has 0 aliphatic carbocycles. The van der Waals surface area contributed by atoms with Crippen LogP contribution >= 0.6 is 35.7 Å². The van der Waals surface area contributed by atoms with Crippen LogP contribution in [-0.4, -0.2) is 31.5 Å². The molecule has 0 aliphatic heterocycles. The van der Waals surface area contributed by atoms with Crippen LogP contribution in [0.25, 0.3) is 0 Å². The van der Waals surface area contributed by atoms with E-state index in [4.69, 9.17) is 22.6 Å². The number of thiocarbonyl (C=S) groups is 1. The van der Waals surface area contributed by atoms with Gasteiger partial charge in [0, 0.05) is 0 Å². The predicted molar refractivity (Wildman–Crippen MR) is 111 cm³/mol. The number of nitriles is 1. The molecule has 138 valence electrons. The summed E-state index contributed by atoms with van der Waals surface area (Å²) in [7, 11) is 0. The van der Waals surface area contributed by atoms with Crippen LogP contribution in [0.3, 0.4) is 0 Å². The first-order chi connectivity index (χ1) is 11.5. The fourth-order valence-electron chi connectivity index (χ4n) is 2.23. The Morgan fingerprint density at radius 3 is 2.04 bits per heavy atom. The van der Waals surface area contributed by atoms with E-state index in [1.54, 1.807) is 0 Å². The normalized spacial score (nSPS) is 13.2. The summed E-state index contributed by atoms with van der Waals surface area (Å²) in [6, 6.07) is 1.96. The maximum Gasteiger partial charge on any atom is 0.188 e. The minimum Gasteiger partial charge on any atom is -0.388 e. The smallest absolute Gasteiger partial charge is 0.188 e. The number of ketones is 1. The second-order valence-electron chi connectivity index (χ2n) is 6.11. The summed E-state index contributed by atoms with van der Waals surface area (Å²) in [5.74, 6) is 0.439. The lowest BCUT2D eigenvalue weighted by atomic mass is 10.1. The second kappa shape index (κ2) is 15.2. The van der Waals surface area contributed by atoms with Crippen LogP contribution in [0.5, 0.6) is 0 Å². The van der Waals surface area contributed by atoms with E-state index in [0.717, 1.165) is 23.9 Å². The average molecular weight is 390 g/mol. The lowest BCUT2D eigenvalue weighted by molar-refractivity contribution is -0.122. The topological polar surface area (TPSA) is 61.1 Å². The molecule has 0 aromatic rings. The van der Waals surface area contributed by atoms with E-state index in [-0.39, 0.29) is 0 Å². The van der Waals surface area contributed by atoms with Crippen LogP contribution in [0.15, 0.2) is 0 Å². The first-order valence-electron chi connectivity index (χ1n) is 8.91. The Hall–Kier alpha value is -0.0900. The molecule has 0 aromatic heterocycles. The van der Waals surface area contributed by atoms with Crippen molar-refractivity contribution < 1.29 is 9.90 Å². The molecule has 0 radical (unpaired) electrons. The Kier molecular flexibility index (Phi) is 15.1. The van der Waals surface area contributed by atoms with Crippen molar-refractivity contribution in [2.75, 3.05) is 12.4 Å². The zero-order valence-corrected chi connectivity index (χ0v) is 17.5. The molecule has 1 unspecified atom stereocenters. The summed E-state index contributed by atoms with van der Waals surface area (Å²) in [5.41, 5.74) is 0. The van der Waals surface area contributed by atoms with Crippen LogP contribution < -0.4 is 0 Å². The van der Waals surface area contributed by atoms with Crippen molar-refractivity contribution in [3.63, 3.8) is 0 Å². The molecule has 24 heavy (non-hydrogen) atoms. The maximum absolute atomic E-state index is 11.6. The predicted octanol–water partition coefficient (Wildman–Crippen LogP) is 5.50. The molecule has 0 saturated heterocycles. The van der Waals surface area contributed by atoms with Gasteiger partial charge in [0.2, 0.25) is 0 Å². The van der Waals surface area contributed by atoms with Crippen LogP contribution in [0.2, 0.25) is 0 Å². The molecule has 0 aromatic carbocycles. The largest absolute Gasteiger partial charge is 0.388 e. The molecule has 0 fully saturated rings. The summed E-state index contributed by atoms with van der Waals surface area (Å²) in [6.07, 6.45) is 13.0. The number of nitrogens with zero attached hydrogens (tertiary/aromatic N) is 1. The minimum absolute atomic E-state index is 0.489. The number of hydrogen-bond donors (Lipinski definition) is 1. The Morgan fingerprint density at radius 1 is 1.08 bits per heavy atom. The highest BCUT2D eigenvalue weighted by molar-refractivity contribution is 8.47. The molecule has 1 atom stereocenters. The van der Waals surface area contributed by atoms with E-state index in [1.807, 2.05) is 6.07 Å². The number of aliphatic hydroxyl groups excluding tert-OH is 1. The van der Waals surface area contributed by atoms with E-state index in [0.29, 0.717) is 3.53 Å². The number of unbranched alkanes of at least 4 members (excludes halogenated alkanes) is 9. The summed E-state index contributed by atoms with van der Waals surface area (Å²) in [6.45, 7) is 3.14. The van der Waals surface area contributed by atoms with E-state index >= 15 is 0 Å². The second-order valence-corrected chi connectivity index (χ2v) is 9.83. The highest BCUT2D eigenvalue weighted by atomic mass is 32.2. The molecule has 1 N–H and O–H groups in total. The van der Waals surface area contributed by atoms with Gasteiger partial charge in [-0.25, -0.2) is 0 Å². The molecular formula is C18H31NO2S3. The zero-order valence-electron chi connectivity index (χ0n) is 15.0. The number of Topliss-reactive ketones (excluding diaryl/α,β-unsaturated/α-hetero) is 1. The quantitative estimate of drug-likeness (QED) is 0.312. The Labute approximate surface area is 161 Å². The highest BCUT2D eigenvalue weighted by Crippen LogP contribution is 2.32. The van der Waals surface area contributed by atoms with Crippen molar-refractivity contribution in [2.45, 2.75) is 82.8 Å². The van der Waals surface area contributed by atoms with Crippen molar-refractivity contribution in [2.24, 2.45) is 0 Å². The molecule has 0 spiro atoms. The third-order valence-corrected chi connectivity index (χ3v) is 6.72. The van der Waals surface area contributed by atoms with Gasteiger partial charge in [0.25, 0.3) is 0 Å². The van der Waals surface area contributed by atoms with E-state index in [9.17, 15) is 4.79 Å². The van der Waals surface area contributed by atoms with E-state index in [2.05, 4.69) is 6.92 Å². The number of aliphatic hydroxyl groups is 1. The van der Waals surface area contributed by atoms with Crippen molar-refractivity contribution in [1.29, 1.82) is 5.26 Å². The van der Waals surface area contributed by atoms with Gasteiger partial charge in [-0.15, -0.1) is 11.8 Å². The third kappa shape index (κ3) is 11.5. The van der Waals surface area contributed by atoms with Gasteiger partial charge in [-0.2, -0.15) is 5.26 Å². The fraction of sp³-hybridized carbons (Fsp3) is 0.833. The van der Waals surface area contributed by atoms with Gasteiger partial charge in [-0.3, -0.25) is 4.79 Å². The lowest BCUT2D eigenvalue weighted by Gasteiger charge is -2.18. The number of rotatable bonds is 14. The molecule has 0 saturated carbocycles. The van der Waals surface area contributed by atoms with Gasteiger partial charge in [0.15, 0.2) is 10.5 Å². The van der Waals surface area contributed by atoms with Gasteiger partial charge in [-0.1, -0.05) is 88.7 Å². The summed E-state index contributed by atoms with van der Waals surface area (Å²) in [5, 5.41) is 18.1. The van der Waals surface area contributed by atoms with Crippen LogP contribution in [0.4, 0.5) is 0 Å². The van der Waals surface area contributed by atoms with Gasteiger partial charge < -0.3 is 5.11 Å². The van der Waals surface area contributed by atoms with Gasteiger partial charge in [0.1, 0.15) is 10.1 Å². The third-order valence-electron chi connectivity index (χ3n) is 3.89. The average Bonchev–Trinajstić information content (AvgIpc) is 2.58. The van der Waals surface area contributed by atoms with Gasteiger partial charge in [0.05, 0.1) is 6.07 Å². The molecule has 0 rings (SSSR count). The molecular weight excluding hydrogens is 358 g/mol. The van der Waals surface area contributed by atoms with Crippen LogP contribution in [0, 0.1) is 11.3 Å². The monoisotopic (exact) mass is 389 g/mol. The number of carbonyl (C=O) groups excluding carboxylic acids is 1. The number of hydrogen-bond acceptors (Lipinski definition) is 6. The first-order valence-corrected chi connectivity index (χ1v) is 11.1. The fourth-order valence-corrected chi connectivity index (χ4v) is 5.04. The van der Waals surface area contributed by atoms with Crippen molar-refractivity contribution in [3.05, 3.63) is 0 Å². The lowest BCUT2D eigenvalue weighted by Crippen LogP contribution is -2.33. The minimum atomic E-state index is -1.27. The van der Waals surface area contributed by atoms with Gasteiger partial charge >= 0.3 is 0 Å². The standard InChI is InChI=1S/C18H31NO2S3/c1-3-4-5-6-7-8-9-10-11-12-13-23-17(22)24-18(2,15-19)16(21)14-20/h20H,3-14H2,1-2H3. The molecule has 0 heterocycles. The van der Waals surface area contributed by atoms with Crippen LogP contribution in [0.1, 0.15) is 78.1 Å². The van der Waals surface area contributed by atoms with Crippen molar-refractivity contribution in [1.82, 2.24) is 0 Å². The summed E-state index contributed by atoms with van der Waals surface area (Å²) >= 11 is 7.86. The van der Waals surface area contributed by atoms with Crippen LogP contribution in [-0.2, 0) is 4.79 Å². The van der Waals surface area contributed by atoms with Crippen molar-refractivity contribution in [3.8, 4) is 6.07 Å². The van der Waals surface area contributed by atoms with E-state index in [1.165, 1.54) is 76.5 Å². The first kappa shape index (κ1) is 23.9. The summed E-state index contributed by atoms with van der Waals surface area (Å²) in [4.78, 5) is 11.6. The SMILES string of the molecule is CCCCCCCCCCCCSC(=S)SC(C)(C#N)C(=O)CO. The number of carbonyl (C=O) groups is 1. The molecule has 6 heteroatoms. The molecule has 3 nitrogen and oxygen atoms in total. The maximum atomic E-state index is 11.6. The molecule has 0 amide bonds. The van der Waals surface area contributed by atoms with E-state index < -0.39 is 17.1 Å². The Balaban J connectivity index is 3.63. The Bertz CT molecular complexity index is 410. The summed E-state index contributed by atoms with van der Waals surface area (Å²) < 4.78 is -0.659. The Morgan fingerprint density at radius 2 is 1.58 bits per heavy atom. The number of thioether (sulfide) groups is 2. The highest BCUT2D eigenvalue weighted by Gasteiger charge is 2.34. The molecule has 0 bridgehead atoms. The van der Waals surface area contributed by atoms with Gasteiger partial charge in [-0.05, 0) is 19.1 Å². The molecule has 0 aliphatic rings.